The lowest BCUT2D eigenvalue weighted by Gasteiger charge is -2.41. The number of nitrogens with two attached hydrogens (primary N) is 1. The van der Waals surface area contributed by atoms with Gasteiger partial charge < -0.3 is 20.7 Å². The molecule has 0 spiro atoms. The van der Waals surface area contributed by atoms with Crippen molar-refractivity contribution in [2.45, 2.75) is 38.6 Å². The fourth-order valence-electron chi connectivity index (χ4n) is 5.36. The highest BCUT2D eigenvalue weighted by Gasteiger charge is 2.28. The van der Waals surface area contributed by atoms with E-state index in [1.807, 2.05) is 24.0 Å². The normalized spacial score (nSPS) is 18.2. The summed E-state index contributed by atoms with van der Waals surface area (Å²) < 4.78 is 5.27. The molecular weight excluding hydrogens is 494 g/mol. The monoisotopic (exact) mass is 531 g/mol. The number of nitrogens with one attached hydrogen (secondary N) is 1. The summed E-state index contributed by atoms with van der Waals surface area (Å²) in [5.41, 5.74) is 10.3. The van der Waals surface area contributed by atoms with Gasteiger partial charge in [-0.25, -0.2) is 15.0 Å². The summed E-state index contributed by atoms with van der Waals surface area (Å²) in [5, 5.41) is 5.82. The second-order valence-electron chi connectivity index (χ2n) is 10.4. The van der Waals surface area contributed by atoms with Gasteiger partial charge in [-0.3, -0.25) is 4.99 Å². The van der Waals surface area contributed by atoms with Gasteiger partial charge in [-0.1, -0.05) is 19.9 Å². The number of thioether (sulfide) groups is 1. The highest BCUT2D eigenvalue weighted by Crippen LogP contribution is 2.37. The van der Waals surface area contributed by atoms with Crippen molar-refractivity contribution < 1.29 is 4.74 Å². The van der Waals surface area contributed by atoms with E-state index in [-0.39, 0.29) is 6.04 Å². The van der Waals surface area contributed by atoms with Crippen LogP contribution in [0, 0.1) is 5.92 Å². The fourth-order valence-corrected chi connectivity index (χ4v) is 6.04. The first-order valence-electron chi connectivity index (χ1n) is 13.3. The molecule has 3 aromatic rings. The Labute approximate surface area is 229 Å². The minimum Gasteiger partial charge on any atom is -0.404 e. The van der Waals surface area contributed by atoms with Crippen LogP contribution in [0.2, 0.25) is 0 Å². The van der Waals surface area contributed by atoms with Gasteiger partial charge >= 0.3 is 0 Å². The molecule has 0 radical (unpaired) electrons. The van der Waals surface area contributed by atoms with Crippen LogP contribution in [0.4, 0.5) is 17.3 Å². The SMILES string of the molecule is COCC1CCC(C(=CN)c2nccc(Nc3cc4c(C(C)C)ccc(N5CC(CSC)C5)c4cn3)n2)=N1. The van der Waals surface area contributed by atoms with Gasteiger partial charge in [0.05, 0.1) is 18.2 Å². The number of hydrogen-bond acceptors (Lipinski definition) is 9. The van der Waals surface area contributed by atoms with Gasteiger partial charge in [-0.2, -0.15) is 11.8 Å². The Hall–Kier alpha value is -3.17. The van der Waals surface area contributed by atoms with E-state index >= 15 is 0 Å². The smallest absolute Gasteiger partial charge is 0.164 e. The molecule has 8 nitrogen and oxygen atoms in total. The number of fused-ring (bicyclic) bond motifs is 1. The molecule has 2 aliphatic rings. The third-order valence-corrected chi connectivity index (χ3v) is 8.08. The van der Waals surface area contributed by atoms with Crippen molar-refractivity contribution >= 4 is 51.1 Å². The number of rotatable bonds is 10. The van der Waals surface area contributed by atoms with Crippen LogP contribution in [-0.2, 0) is 4.74 Å². The van der Waals surface area contributed by atoms with Gasteiger partial charge in [0.25, 0.3) is 0 Å². The molecule has 38 heavy (non-hydrogen) atoms. The molecule has 9 heteroatoms. The summed E-state index contributed by atoms with van der Waals surface area (Å²) in [6.07, 6.45) is 9.25. The molecule has 4 heterocycles. The van der Waals surface area contributed by atoms with E-state index in [4.69, 9.17) is 25.4 Å². The van der Waals surface area contributed by atoms with Crippen molar-refractivity contribution in [1.29, 1.82) is 0 Å². The van der Waals surface area contributed by atoms with Crippen LogP contribution in [0.25, 0.3) is 16.3 Å². The highest BCUT2D eigenvalue weighted by atomic mass is 32.2. The van der Waals surface area contributed by atoms with Crippen molar-refractivity contribution in [3.63, 3.8) is 0 Å². The molecular formula is C29H37N7OS. The van der Waals surface area contributed by atoms with Crippen LogP contribution in [0.15, 0.2) is 47.9 Å². The number of anilines is 3. The van der Waals surface area contributed by atoms with E-state index in [2.05, 4.69) is 53.5 Å². The van der Waals surface area contributed by atoms with Crippen molar-refractivity contribution in [3.8, 4) is 0 Å². The molecule has 1 atom stereocenters. The lowest BCUT2D eigenvalue weighted by molar-refractivity contribution is 0.181. The van der Waals surface area contributed by atoms with Gasteiger partial charge in [-0.05, 0) is 59.9 Å². The summed E-state index contributed by atoms with van der Waals surface area (Å²) in [5.74, 6) is 4.35. The van der Waals surface area contributed by atoms with E-state index < -0.39 is 0 Å². The second kappa shape index (κ2) is 11.7. The zero-order chi connectivity index (χ0) is 26.6. The minimum atomic E-state index is 0.154. The fraction of sp³-hybridized carbons (Fsp3) is 0.448. The number of aromatic nitrogens is 3. The van der Waals surface area contributed by atoms with Crippen LogP contribution >= 0.6 is 11.8 Å². The molecule has 0 saturated carbocycles. The Balaban J connectivity index is 1.41. The number of hydrogen-bond donors (Lipinski definition) is 2. The zero-order valence-corrected chi connectivity index (χ0v) is 23.5. The van der Waals surface area contributed by atoms with E-state index in [0.29, 0.717) is 24.2 Å². The van der Waals surface area contributed by atoms with Crippen LogP contribution in [0.5, 0.6) is 0 Å². The maximum Gasteiger partial charge on any atom is 0.164 e. The van der Waals surface area contributed by atoms with E-state index in [1.54, 1.807) is 19.5 Å². The molecule has 1 saturated heterocycles. The van der Waals surface area contributed by atoms with Crippen LogP contribution in [-0.4, -0.2) is 65.5 Å². The predicted octanol–water partition coefficient (Wildman–Crippen LogP) is 5.24. The van der Waals surface area contributed by atoms with Crippen LogP contribution in [0.1, 0.15) is 44.0 Å². The Morgan fingerprint density at radius 2 is 2.05 bits per heavy atom. The lowest BCUT2D eigenvalue weighted by atomic mass is 9.93. The Morgan fingerprint density at radius 1 is 1.21 bits per heavy atom. The van der Waals surface area contributed by atoms with E-state index in [1.165, 1.54) is 27.8 Å². The zero-order valence-electron chi connectivity index (χ0n) is 22.6. The molecule has 0 amide bonds. The average molecular weight is 532 g/mol. The number of benzene rings is 1. The number of pyridine rings is 1. The van der Waals surface area contributed by atoms with E-state index in [0.717, 1.165) is 49.0 Å². The predicted molar refractivity (Wildman–Crippen MR) is 160 cm³/mol. The summed E-state index contributed by atoms with van der Waals surface area (Å²) >= 11 is 1.93. The largest absolute Gasteiger partial charge is 0.404 e. The van der Waals surface area contributed by atoms with Gasteiger partial charge in [0.2, 0.25) is 0 Å². The topological polar surface area (TPSA) is 102 Å². The molecule has 3 N–H and O–H groups in total. The number of allylic oxidation sites excluding steroid dienone is 1. The molecule has 5 rings (SSSR count). The first-order chi connectivity index (χ1) is 18.5. The lowest BCUT2D eigenvalue weighted by Crippen LogP contribution is -2.48. The number of nitrogens with zero attached hydrogens (tertiary/aromatic N) is 5. The van der Waals surface area contributed by atoms with Crippen molar-refractivity contribution in [3.05, 3.63) is 54.2 Å². The standard InChI is InChI=1S/C29H37N7OS/c1-18(2)21-6-8-26(36-14-19(15-36)17-38-4)24-13-32-28(11-22(21)24)34-27-9-10-31-29(35-27)23(12-30)25-7-5-20(33-25)16-37-3/h6,8-13,18-20H,5,7,14-17,30H2,1-4H3,(H,31,32,34,35). The van der Waals surface area contributed by atoms with Crippen molar-refractivity contribution in [1.82, 2.24) is 15.0 Å². The molecule has 1 aromatic carbocycles. The summed E-state index contributed by atoms with van der Waals surface area (Å²) in [4.78, 5) is 21.3. The molecule has 200 valence electrons. The Bertz CT molecular complexity index is 1350. The third-order valence-electron chi connectivity index (χ3n) is 7.28. The van der Waals surface area contributed by atoms with Crippen LogP contribution < -0.4 is 16.0 Å². The summed E-state index contributed by atoms with van der Waals surface area (Å²) in [6, 6.07) is 8.68. The molecule has 1 fully saturated rings. The quantitative estimate of drug-likeness (QED) is 0.366. The third kappa shape index (κ3) is 5.49. The van der Waals surface area contributed by atoms with E-state index in [9.17, 15) is 0 Å². The first-order valence-corrected chi connectivity index (χ1v) is 14.6. The van der Waals surface area contributed by atoms with Gasteiger partial charge in [0.15, 0.2) is 5.82 Å². The Morgan fingerprint density at radius 3 is 2.79 bits per heavy atom. The molecule has 2 aromatic heterocycles. The molecule has 0 aliphatic carbocycles. The minimum absolute atomic E-state index is 0.154. The number of aliphatic imine (C=N–C) groups is 1. The maximum atomic E-state index is 6.00. The average Bonchev–Trinajstić information content (AvgIpc) is 3.34. The maximum absolute atomic E-state index is 6.00. The molecule has 2 aliphatic heterocycles. The number of ether oxygens (including phenoxy) is 1. The van der Waals surface area contributed by atoms with Crippen molar-refractivity contribution in [2.24, 2.45) is 16.6 Å². The van der Waals surface area contributed by atoms with Crippen molar-refractivity contribution in [2.75, 3.05) is 49.0 Å². The number of methoxy groups -OCH3 is 1. The van der Waals surface area contributed by atoms with Gasteiger partial charge in [0, 0.05) is 61.5 Å². The van der Waals surface area contributed by atoms with Gasteiger partial charge in [-0.15, -0.1) is 0 Å². The Kier molecular flexibility index (Phi) is 8.14. The van der Waals surface area contributed by atoms with Crippen LogP contribution in [0.3, 0.4) is 0 Å². The first kappa shape index (κ1) is 26.4. The molecule has 0 bridgehead atoms. The highest BCUT2D eigenvalue weighted by molar-refractivity contribution is 7.98. The van der Waals surface area contributed by atoms with Gasteiger partial charge in [0.1, 0.15) is 11.6 Å². The molecule has 1 unspecified atom stereocenters. The second-order valence-corrected chi connectivity index (χ2v) is 11.3. The summed E-state index contributed by atoms with van der Waals surface area (Å²) in [6.45, 7) is 7.29. The summed E-state index contributed by atoms with van der Waals surface area (Å²) in [7, 11) is 1.70.